The molecule has 2 aromatic carbocycles. The first-order chi connectivity index (χ1) is 13.6. The Labute approximate surface area is 166 Å². The molecule has 3 aliphatic carbocycles. The van der Waals surface area contributed by atoms with Gasteiger partial charge in [-0.2, -0.15) is 0 Å². The molecule has 0 unspecified atom stereocenters. The Bertz CT molecular complexity index is 890. The summed E-state index contributed by atoms with van der Waals surface area (Å²) in [6, 6.07) is 15.3. The first kappa shape index (κ1) is 17.8. The smallest absolute Gasteiger partial charge is 0.338 e. The number of esters is 1. The standard InChI is InChI=1S/C25H28O3/c1-25-14-13-20-19-10-8-18(26)15-17(19)7-9-21(20)22(25)11-12-23(25)28-24(27)16-5-3-2-4-6-16/h2-6,8,10,15,20-23,26H,7,9,11-14H2,1H3/t20-,21-,22+,23+,25+/m1/s1/i15+1,18+1. The molecule has 0 aliphatic heterocycles. The first-order valence-corrected chi connectivity index (χ1v) is 10.6. The maximum atomic E-state index is 12.6. The Morgan fingerprint density at radius 2 is 1.89 bits per heavy atom. The van der Waals surface area contributed by atoms with E-state index in [2.05, 4.69) is 13.0 Å². The van der Waals surface area contributed by atoms with Gasteiger partial charge in [0.1, 0.15) is 11.9 Å². The van der Waals surface area contributed by atoms with Crippen LogP contribution in [-0.2, 0) is 11.2 Å². The van der Waals surface area contributed by atoms with Gasteiger partial charge in [-0.1, -0.05) is 31.2 Å². The number of fused-ring (bicyclic) bond motifs is 5. The average Bonchev–Trinajstić information content (AvgIpc) is 3.04. The Morgan fingerprint density at radius 3 is 2.71 bits per heavy atom. The molecule has 0 heterocycles. The van der Waals surface area contributed by atoms with Crippen molar-refractivity contribution in [1.29, 1.82) is 0 Å². The molecule has 5 rings (SSSR count). The summed E-state index contributed by atoms with van der Waals surface area (Å²) in [6.45, 7) is 2.36. The van der Waals surface area contributed by atoms with E-state index in [-0.39, 0.29) is 17.5 Å². The van der Waals surface area contributed by atoms with Crippen molar-refractivity contribution in [2.75, 3.05) is 0 Å². The van der Waals surface area contributed by atoms with Gasteiger partial charge in [0, 0.05) is 5.41 Å². The van der Waals surface area contributed by atoms with Gasteiger partial charge in [-0.25, -0.2) is 4.79 Å². The van der Waals surface area contributed by atoms with Crippen molar-refractivity contribution in [3.8, 4) is 5.75 Å². The molecule has 3 nitrogen and oxygen atoms in total. The van der Waals surface area contributed by atoms with Gasteiger partial charge in [0.05, 0.1) is 5.56 Å². The van der Waals surface area contributed by atoms with Crippen LogP contribution in [0.5, 0.6) is 5.75 Å². The third-order valence-electron chi connectivity index (χ3n) is 7.88. The minimum Gasteiger partial charge on any atom is -0.508 e. The number of aromatic hydroxyl groups is 1. The van der Waals surface area contributed by atoms with Crippen molar-refractivity contribution < 1.29 is 14.6 Å². The Morgan fingerprint density at radius 1 is 1.07 bits per heavy atom. The highest BCUT2D eigenvalue weighted by Gasteiger charge is 2.56. The molecule has 2 saturated carbocycles. The summed E-state index contributed by atoms with van der Waals surface area (Å²) < 4.78 is 6.06. The number of hydrogen-bond donors (Lipinski definition) is 1. The summed E-state index contributed by atoms with van der Waals surface area (Å²) in [6.07, 6.45) is 6.63. The van der Waals surface area contributed by atoms with E-state index in [1.807, 2.05) is 42.5 Å². The van der Waals surface area contributed by atoms with Gasteiger partial charge in [0.15, 0.2) is 0 Å². The van der Waals surface area contributed by atoms with E-state index < -0.39 is 0 Å². The van der Waals surface area contributed by atoms with Gasteiger partial charge < -0.3 is 9.84 Å². The van der Waals surface area contributed by atoms with Crippen LogP contribution in [0.25, 0.3) is 0 Å². The number of ether oxygens (including phenoxy) is 1. The molecule has 1 N–H and O–H groups in total. The van der Waals surface area contributed by atoms with Crippen molar-refractivity contribution in [1.82, 2.24) is 0 Å². The molecular weight excluding hydrogens is 350 g/mol. The van der Waals surface area contributed by atoms with Crippen LogP contribution in [0, 0.1) is 17.3 Å². The lowest BCUT2D eigenvalue weighted by molar-refractivity contribution is -0.0427. The van der Waals surface area contributed by atoms with Crippen LogP contribution in [0.1, 0.15) is 66.4 Å². The molecule has 0 spiro atoms. The fourth-order valence-electron chi connectivity index (χ4n) is 6.49. The van der Waals surface area contributed by atoms with E-state index in [1.165, 1.54) is 17.5 Å². The molecule has 0 amide bonds. The predicted octanol–water partition coefficient (Wildman–Crippen LogP) is 5.47. The van der Waals surface area contributed by atoms with E-state index in [4.69, 9.17) is 4.74 Å². The van der Waals surface area contributed by atoms with E-state index in [0.29, 0.717) is 29.1 Å². The number of rotatable bonds is 2. The number of hydrogen-bond acceptors (Lipinski definition) is 3. The summed E-state index contributed by atoms with van der Waals surface area (Å²) in [5.74, 6) is 2.06. The molecule has 0 bridgehead atoms. The number of aryl methyl sites for hydroxylation is 1. The first-order valence-electron chi connectivity index (χ1n) is 10.6. The predicted molar refractivity (Wildman–Crippen MR) is 108 cm³/mol. The highest BCUT2D eigenvalue weighted by Crippen LogP contribution is 2.61. The molecule has 0 saturated heterocycles. The van der Waals surface area contributed by atoms with Crippen LogP contribution in [-0.4, -0.2) is 17.2 Å². The van der Waals surface area contributed by atoms with Crippen molar-refractivity contribution >= 4 is 5.97 Å². The summed E-state index contributed by atoms with van der Waals surface area (Å²) in [4.78, 5) is 12.6. The molecule has 2 fully saturated rings. The van der Waals surface area contributed by atoms with Crippen LogP contribution in [0.3, 0.4) is 0 Å². The van der Waals surface area contributed by atoms with E-state index in [0.717, 1.165) is 32.1 Å². The lowest BCUT2D eigenvalue weighted by Crippen LogP contribution is -2.45. The second kappa shape index (κ2) is 6.65. The van der Waals surface area contributed by atoms with Gasteiger partial charge in [-0.05, 0) is 91.7 Å². The Balaban J connectivity index is 1.37. The zero-order valence-electron chi connectivity index (χ0n) is 16.4. The number of phenolic OH excluding ortho intramolecular Hbond substituents is 1. The fourth-order valence-corrected chi connectivity index (χ4v) is 6.49. The highest BCUT2D eigenvalue weighted by molar-refractivity contribution is 5.89. The van der Waals surface area contributed by atoms with E-state index >= 15 is 0 Å². The zero-order valence-corrected chi connectivity index (χ0v) is 16.4. The minimum absolute atomic E-state index is 0.0207. The lowest BCUT2D eigenvalue weighted by Gasteiger charge is -2.50. The molecule has 3 heteroatoms. The van der Waals surface area contributed by atoms with Gasteiger partial charge in [-0.15, -0.1) is 0 Å². The van der Waals surface area contributed by atoms with Crippen molar-refractivity contribution in [2.45, 2.75) is 57.5 Å². The van der Waals surface area contributed by atoms with Gasteiger partial charge in [-0.3, -0.25) is 0 Å². The van der Waals surface area contributed by atoms with Gasteiger partial charge in [0.2, 0.25) is 0 Å². The molecule has 0 radical (unpaired) electrons. The Kier molecular flexibility index (Phi) is 4.22. The summed E-state index contributed by atoms with van der Waals surface area (Å²) in [5, 5.41) is 9.84. The lowest BCUT2D eigenvalue weighted by atomic mass is 9.55. The minimum atomic E-state index is -0.181. The van der Waals surface area contributed by atoms with E-state index in [1.54, 1.807) is 0 Å². The molecule has 146 valence electrons. The second-order valence-corrected chi connectivity index (χ2v) is 9.18. The molecule has 2 aromatic rings. The summed E-state index contributed by atoms with van der Waals surface area (Å²) >= 11 is 0. The van der Waals surface area contributed by atoms with Crippen molar-refractivity contribution in [2.24, 2.45) is 17.3 Å². The molecular formula is C25H28O3. The summed E-state index contributed by atoms with van der Waals surface area (Å²) in [5.41, 5.74) is 3.51. The molecule has 28 heavy (non-hydrogen) atoms. The van der Waals surface area contributed by atoms with Crippen LogP contribution >= 0.6 is 0 Å². The van der Waals surface area contributed by atoms with Crippen LogP contribution in [0.15, 0.2) is 48.5 Å². The maximum absolute atomic E-state index is 12.6. The number of benzene rings is 2. The number of carbonyl (C=O) groups excluding carboxylic acids is 1. The van der Waals surface area contributed by atoms with Gasteiger partial charge >= 0.3 is 5.97 Å². The van der Waals surface area contributed by atoms with Crippen LogP contribution in [0.2, 0.25) is 0 Å². The SMILES string of the molecule is C[C@]12CC[C@@H]3c4cc[13c](O)[13cH]c4CC[C@H]3[C@@H]1CC[C@@H]2OC(=O)c1ccccc1. The highest BCUT2D eigenvalue weighted by atomic mass is 16.5. The zero-order chi connectivity index (χ0) is 19.3. The van der Waals surface area contributed by atoms with Crippen LogP contribution < -0.4 is 0 Å². The van der Waals surface area contributed by atoms with Crippen molar-refractivity contribution in [3.63, 3.8) is 0 Å². The average molecular weight is 378 g/mol. The second-order valence-electron chi connectivity index (χ2n) is 9.18. The monoisotopic (exact) mass is 378 g/mol. The quantitative estimate of drug-likeness (QED) is 0.705. The van der Waals surface area contributed by atoms with E-state index in [9.17, 15) is 9.90 Å². The number of carbonyl (C=O) groups is 1. The van der Waals surface area contributed by atoms with Crippen LogP contribution in [0.4, 0.5) is 0 Å². The third kappa shape index (κ3) is 2.75. The molecule has 0 aromatic heterocycles. The molecule has 5 atom stereocenters. The largest absolute Gasteiger partial charge is 0.508 e. The number of phenols is 1. The topological polar surface area (TPSA) is 46.5 Å². The fraction of sp³-hybridized carbons (Fsp3) is 0.480. The van der Waals surface area contributed by atoms with Gasteiger partial charge in [0.25, 0.3) is 0 Å². The molecule has 3 aliphatic rings. The Hall–Kier alpha value is -2.29. The van der Waals surface area contributed by atoms with Crippen molar-refractivity contribution in [3.05, 3.63) is 65.2 Å². The maximum Gasteiger partial charge on any atom is 0.338 e. The third-order valence-corrected chi connectivity index (χ3v) is 7.88. The normalized spacial score (nSPS) is 33.5. The summed E-state index contributed by atoms with van der Waals surface area (Å²) in [7, 11) is 0.